The molecule has 4 heteroatoms. The number of halogens is 1. The van der Waals surface area contributed by atoms with Crippen LogP contribution in [0.4, 0.5) is 0 Å². The molecule has 14 heavy (non-hydrogen) atoms. The van der Waals surface area contributed by atoms with Crippen LogP contribution in [0.25, 0.3) is 0 Å². The maximum atomic E-state index is 10.8. The maximum absolute atomic E-state index is 10.8. The molecule has 0 radical (unpaired) electrons. The number of rotatable bonds is 4. The zero-order valence-electron chi connectivity index (χ0n) is 7.83. The van der Waals surface area contributed by atoms with Crippen molar-refractivity contribution in [2.75, 3.05) is 12.9 Å². The standard InChI is InChI=1S/C10H11BrO2S/c1-13-10(12)7-14-6-8-3-2-4-9(11)5-8/h2-5H,6-7H2,1H3. The molecule has 0 aliphatic rings. The lowest BCUT2D eigenvalue weighted by Crippen LogP contribution is -2.03. The highest BCUT2D eigenvalue weighted by atomic mass is 79.9. The first-order valence-corrected chi connectivity index (χ1v) is 6.06. The van der Waals surface area contributed by atoms with E-state index in [0.29, 0.717) is 5.75 Å². The number of esters is 1. The summed E-state index contributed by atoms with van der Waals surface area (Å²) in [6.45, 7) is 0. The second kappa shape index (κ2) is 6.09. The summed E-state index contributed by atoms with van der Waals surface area (Å²) in [7, 11) is 1.40. The Morgan fingerprint density at radius 2 is 2.36 bits per heavy atom. The minimum Gasteiger partial charge on any atom is -0.468 e. The van der Waals surface area contributed by atoms with Gasteiger partial charge in [0.15, 0.2) is 0 Å². The first kappa shape index (κ1) is 11.6. The number of ether oxygens (including phenoxy) is 1. The van der Waals surface area contributed by atoms with Crippen LogP contribution in [0.3, 0.4) is 0 Å². The third-order valence-electron chi connectivity index (χ3n) is 1.61. The highest BCUT2D eigenvalue weighted by molar-refractivity contribution is 9.10. The van der Waals surface area contributed by atoms with Crippen molar-refractivity contribution in [3.63, 3.8) is 0 Å². The van der Waals surface area contributed by atoms with Gasteiger partial charge in [0.2, 0.25) is 0 Å². The molecule has 1 aromatic rings. The lowest BCUT2D eigenvalue weighted by atomic mass is 10.2. The molecule has 0 aliphatic carbocycles. The van der Waals surface area contributed by atoms with E-state index in [1.54, 1.807) is 11.8 Å². The van der Waals surface area contributed by atoms with E-state index in [9.17, 15) is 4.79 Å². The topological polar surface area (TPSA) is 26.3 Å². The number of hydrogen-bond donors (Lipinski definition) is 0. The van der Waals surface area contributed by atoms with Gasteiger partial charge in [-0.05, 0) is 17.7 Å². The van der Waals surface area contributed by atoms with Crippen molar-refractivity contribution in [2.24, 2.45) is 0 Å². The fourth-order valence-corrected chi connectivity index (χ4v) is 2.19. The molecule has 2 nitrogen and oxygen atoms in total. The van der Waals surface area contributed by atoms with Crippen molar-refractivity contribution in [1.82, 2.24) is 0 Å². The molecule has 0 saturated heterocycles. The summed E-state index contributed by atoms with van der Waals surface area (Å²) in [5.41, 5.74) is 1.20. The second-order valence-corrected chi connectivity index (χ2v) is 4.60. The molecule has 0 amide bonds. The lowest BCUT2D eigenvalue weighted by molar-refractivity contribution is -0.137. The molecule has 0 bridgehead atoms. The molecule has 0 aliphatic heterocycles. The van der Waals surface area contributed by atoms with E-state index in [4.69, 9.17) is 0 Å². The third-order valence-corrected chi connectivity index (χ3v) is 3.08. The van der Waals surface area contributed by atoms with E-state index in [0.717, 1.165) is 10.2 Å². The Hall–Kier alpha value is -0.480. The van der Waals surface area contributed by atoms with Gasteiger partial charge in [0, 0.05) is 10.2 Å². The molecule has 0 aromatic heterocycles. The summed E-state index contributed by atoms with van der Waals surface area (Å²) in [6, 6.07) is 8.05. The summed E-state index contributed by atoms with van der Waals surface area (Å²) < 4.78 is 5.61. The average molecular weight is 275 g/mol. The van der Waals surface area contributed by atoms with Gasteiger partial charge in [-0.15, -0.1) is 11.8 Å². The first-order chi connectivity index (χ1) is 6.72. The molecular weight excluding hydrogens is 264 g/mol. The quantitative estimate of drug-likeness (QED) is 0.790. The average Bonchev–Trinajstić information content (AvgIpc) is 2.17. The number of carbonyl (C=O) groups excluding carboxylic acids is 1. The van der Waals surface area contributed by atoms with E-state index >= 15 is 0 Å². The minimum absolute atomic E-state index is 0.176. The molecule has 1 aromatic carbocycles. The monoisotopic (exact) mass is 274 g/mol. The van der Waals surface area contributed by atoms with Crippen LogP contribution in [0.5, 0.6) is 0 Å². The van der Waals surface area contributed by atoms with Crippen LogP contribution in [0.2, 0.25) is 0 Å². The van der Waals surface area contributed by atoms with Crippen molar-refractivity contribution in [1.29, 1.82) is 0 Å². The van der Waals surface area contributed by atoms with Crippen LogP contribution >= 0.6 is 27.7 Å². The number of thioether (sulfide) groups is 1. The van der Waals surface area contributed by atoms with E-state index < -0.39 is 0 Å². The van der Waals surface area contributed by atoms with Crippen LogP contribution in [0, 0.1) is 0 Å². The van der Waals surface area contributed by atoms with Crippen molar-refractivity contribution < 1.29 is 9.53 Å². The number of carbonyl (C=O) groups is 1. The molecule has 1 rings (SSSR count). The predicted octanol–water partition coefficient (Wildman–Crippen LogP) is 2.86. The van der Waals surface area contributed by atoms with Gasteiger partial charge in [-0.25, -0.2) is 0 Å². The first-order valence-electron chi connectivity index (χ1n) is 4.11. The van der Waals surface area contributed by atoms with Crippen LogP contribution in [0.1, 0.15) is 5.56 Å². The van der Waals surface area contributed by atoms with Crippen LogP contribution in [-0.4, -0.2) is 18.8 Å². The van der Waals surface area contributed by atoms with Gasteiger partial charge in [-0.2, -0.15) is 0 Å². The van der Waals surface area contributed by atoms with E-state index in [2.05, 4.69) is 20.7 Å². The molecular formula is C10H11BrO2S. The van der Waals surface area contributed by atoms with Crippen molar-refractivity contribution >= 4 is 33.7 Å². The summed E-state index contributed by atoms with van der Waals surface area (Å²) in [6.07, 6.45) is 0. The molecule has 0 unspecified atom stereocenters. The van der Waals surface area contributed by atoms with E-state index in [1.165, 1.54) is 12.7 Å². The SMILES string of the molecule is COC(=O)CSCc1cccc(Br)c1. The largest absolute Gasteiger partial charge is 0.468 e. The molecule has 0 N–H and O–H groups in total. The van der Waals surface area contributed by atoms with Crippen molar-refractivity contribution in [3.8, 4) is 0 Å². The van der Waals surface area contributed by atoms with Gasteiger partial charge in [0.1, 0.15) is 0 Å². The normalized spacial score (nSPS) is 9.86. The second-order valence-electron chi connectivity index (χ2n) is 2.70. The highest BCUT2D eigenvalue weighted by Crippen LogP contribution is 2.16. The van der Waals surface area contributed by atoms with Gasteiger partial charge in [0.25, 0.3) is 0 Å². The van der Waals surface area contributed by atoms with Crippen LogP contribution in [0.15, 0.2) is 28.7 Å². The summed E-state index contributed by atoms with van der Waals surface area (Å²) in [5, 5.41) is 0. The van der Waals surface area contributed by atoms with Crippen LogP contribution in [-0.2, 0) is 15.3 Å². The Kier molecular flexibility index (Phi) is 5.04. The number of methoxy groups -OCH3 is 1. The summed E-state index contributed by atoms with van der Waals surface area (Å²) in [4.78, 5) is 10.8. The molecule has 0 fully saturated rings. The Labute approximate surface area is 96.2 Å². The zero-order chi connectivity index (χ0) is 10.4. The molecule has 76 valence electrons. The Morgan fingerprint density at radius 1 is 1.57 bits per heavy atom. The summed E-state index contributed by atoms with van der Waals surface area (Å²) >= 11 is 4.95. The van der Waals surface area contributed by atoms with Crippen LogP contribution < -0.4 is 0 Å². The number of benzene rings is 1. The molecule has 0 spiro atoms. The van der Waals surface area contributed by atoms with Gasteiger partial charge in [-0.1, -0.05) is 28.1 Å². The molecule has 0 saturated carbocycles. The predicted molar refractivity (Wildman–Crippen MR) is 62.3 cm³/mol. The Bertz CT molecular complexity index is 315. The zero-order valence-corrected chi connectivity index (χ0v) is 10.2. The Balaban J connectivity index is 2.35. The minimum atomic E-state index is -0.176. The fourth-order valence-electron chi connectivity index (χ4n) is 0.938. The smallest absolute Gasteiger partial charge is 0.315 e. The molecule has 0 heterocycles. The van der Waals surface area contributed by atoms with E-state index in [1.807, 2.05) is 24.3 Å². The third kappa shape index (κ3) is 4.15. The van der Waals surface area contributed by atoms with Crippen molar-refractivity contribution in [3.05, 3.63) is 34.3 Å². The Morgan fingerprint density at radius 3 is 3.00 bits per heavy atom. The highest BCUT2D eigenvalue weighted by Gasteiger charge is 2.00. The maximum Gasteiger partial charge on any atom is 0.315 e. The van der Waals surface area contributed by atoms with Gasteiger partial charge >= 0.3 is 5.97 Å². The van der Waals surface area contributed by atoms with Gasteiger partial charge in [0.05, 0.1) is 12.9 Å². The van der Waals surface area contributed by atoms with E-state index in [-0.39, 0.29) is 5.97 Å². The fraction of sp³-hybridized carbons (Fsp3) is 0.300. The van der Waals surface area contributed by atoms with Crippen molar-refractivity contribution in [2.45, 2.75) is 5.75 Å². The summed E-state index contributed by atoms with van der Waals surface area (Å²) in [5.74, 6) is 1.06. The van der Waals surface area contributed by atoms with Gasteiger partial charge < -0.3 is 4.74 Å². The number of hydrogen-bond acceptors (Lipinski definition) is 3. The lowest BCUT2D eigenvalue weighted by Gasteiger charge is -2.01. The van der Waals surface area contributed by atoms with Gasteiger partial charge in [-0.3, -0.25) is 4.79 Å². The molecule has 0 atom stereocenters.